The van der Waals surface area contributed by atoms with Crippen molar-refractivity contribution >= 4 is 24.2 Å². The average Bonchev–Trinajstić information content (AvgIpc) is 2.26. The molecule has 1 saturated heterocycles. The van der Waals surface area contributed by atoms with Crippen molar-refractivity contribution in [1.29, 1.82) is 0 Å². The molecule has 1 rings (SSSR count). The summed E-state index contributed by atoms with van der Waals surface area (Å²) in [4.78, 5) is 28.5. The minimum atomic E-state index is -0.471. The fourth-order valence-electron chi connectivity index (χ4n) is 1.05. The Morgan fingerprint density at radius 3 is 2.69 bits per heavy atom. The van der Waals surface area contributed by atoms with Crippen LogP contribution in [0, 0.1) is 0 Å². The summed E-state index contributed by atoms with van der Waals surface area (Å²) < 4.78 is 2.73. The number of carbonyl (C=O) groups is 2. The minimum absolute atomic E-state index is 0.331. The Balaban J connectivity index is 2.73. The van der Waals surface area contributed by atoms with Crippen LogP contribution in [0.4, 0.5) is 9.59 Å². The molecule has 0 unspecified atom stereocenters. The summed E-state index contributed by atoms with van der Waals surface area (Å²) in [5.74, 6) is 0. The van der Waals surface area contributed by atoms with E-state index in [-0.39, 0.29) is 0 Å². The average molecular weight is 245 g/mol. The van der Waals surface area contributed by atoms with Crippen molar-refractivity contribution in [2.24, 2.45) is 0 Å². The molecule has 0 radical (unpaired) electrons. The third-order valence-electron chi connectivity index (χ3n) is 1.77. The third kappa shape index (κ3) is 2.67. The molecule has 1 aliphatic rings. The lowest BCUT2D eigenvalue weighted by Crippen LogP contribution is -2.53. The van der Waals surface area contributed by atoms with Gasteiger partial charge in [0.05, 0.1) is 25.3 Å². The highest BCUT2D eigenvalue weighted by molar-refractivity contribution is 7.95. The first-order valence-electron chi connectivity index (χ1n) is 4.93. The lowest BCUT2D eigenvalue weighted by Gasteiger charge is -2.35. The molecule has 90 valence electrons. The number of hydrogen-bond acceptors (Lipinski definition) is 4. The first kappa shape index (κ1) is 12.9. The zero-order valence-electron chi connectivity index (χ0n) is 9.38. The van der Waals surface area contributed by atoms with Gasteiger partial charge in [-0.15, -0.1) is 11.6 Å². The molecule has 0 saturated carbocycles. The molecular weight excluding hydrogens is 230 g/mol. The van der Waals surface area contributed by atoms with Crippen LogP contribution in [-0.2, 0) is 4.84 Å². The summed E-state index contributed by atoms with van der Waals surface area (Å²) in [5.41, 5.74) is 0. The molecule has 6 nitrogen and oxygen atoms in total. The van der Waals surface area contributed by atoms with Gasteiger partial charge in [-0.05, 0) is 6.42 Å². The van der Waals surface area contributed by atoms with E-state index in [1.54, 1.807) is 13.1 Å². The molecule has 0 atom stereocenters. The van der Waals surface area contributed by atoms with Crippen LogP contribution in [0.3, 0.4) is 0 Å². The van der Waals surface area contributed by atoms with Crippen molar-refractivity contribution < 1.29 is 14.4 Å². The highest BCUT2D eigenvalue weighted by atomic mass is 32.2. The lowest BCUT2D eigenvalue weighted by atomic mass is 10.5. The molecule has 1 fully saturated rings. The van der Waals surface area contributed by atoms with E-state index >= 15 is 0 Å². The second-order valence-corrected chi connectivity index (χ2v) is 4.27. The van der Waals surface area contributed by atoms with Crippen molar-refractivity contribution in [3.8, 4) is 0 Å². The summed E-state index contributed by atoms with van der Waals surface area (Å²) in [6.07, 6.45) is 2.32. The molecule has 1 aliphatic heterocycles. The van der Waals surface area contributed by atoms with Crippen molar-refractivity contribution in [3.05, 3.63) is 12.7 Å². The monoisotopic (exact) mass is 245 g/mol. The van der Waals surface area contributed by atoms with Gasteiger partial charge in [-0.1, -0.05) is 13.0 Å². The number of hydrogen-bond donors (Lipinski definition) is 0. The van der Waals surface area contributed by atoms with Crippen molar-refractivity contribution in [2.75, 3.05) is 20.2 Å². The lowest BCUT2D eigenvalue weighted by molar-refractivity contribution is -0.0897. The van der Waals surface area contributed by atoms with Crippen LogP contribution < -0.4 is 0 Å². The van der Waals surface area contributed by atoms with Crippen LogP contribution in [0.15, 0.2) is 12.7 Å². The fraction of sp³-hybridized carbons (Fsp3) is 0.556. The second kappa shape index (κ2) is 5.76. The molecule has 0 bridgehead atoms. The van der Waals surface area contributed by atoms with Crippen molar-refractivity contribution in [1.82, 2.24) is 13.7 Å². The molecule has 0 aliphatic carbocycles. The van der Waals surface area contributed by atoms with E-state index < -0.39 is 12.1 Å². The Labute approximate surface area is 99.0 Å². The van der Waals surface area contributed by atoms with Gasteiger partial charge in [-0.25, -0.2) is 13.9 Å². The van der Waals surface area contributed by atoms with E-state index in [1.807, 2.05) is 6.92 Å². The summed E-state index contributed by atoms with van der Waals surface area (Å²) >= 11 is 1.04. The van der Waals surface area contributed by atoms with Gasteiger partial charge in [0, 0.05) is 7.05 Å². The Kier molecular flexibility index (Phi) is 4.63. The molecule has 16 heavy (non-hydrogen) atoms. The van der Waals surface area contributed by atoms with Gasteiger partial charge >= 0.3 is 12.1 Å². The van der Waals surface area contributed by atoms with Gasteiger partial charge in [0.1, 0.15) is 0 Å². The van der Waals surface area contributed by atoms with Crippen LogP contribution >= 0.6 is 12.1 Å². The van der Waals surface area contributed by atoms with Crippen LogP contribution in [-0.4, -0.2) is 45.9 Å². The Bertz CT molecular complexity index is 298. The topological polar surface area (TPSA) is 53.1 Å². The highest BCUT2D eigenvalue weighted by Gasteiger charge is 2.37. The highest BCUT2D eigenvalue weighted by Crippen LogP contribution is 2.24. The minimum Gasteiger partial charge on any atom is -0.261 e. The van der Waals surface area contributed by atoms with E-state index in [1.165, 1.54) is 8.61 Å². The molecule has 0 spiro atoms. The number of imide groups is 1. The maximum atomic E-state index is 11.8. The van der Waals surface area contributed by atoms with E-state index in [0.29, 0.717) is 13.2 Å². The molecule has 0 aromatic heterocycles. The standard InChI is InChI=1S/C9H15N3O3S/c1-4-6-11-9(14)12(15-7-5-2)8(13)10(3)16-11/h4H,1,5-7H2,2-3H3. The third-order valence-corrected chi connectivity index (χ3v) is 2.67. The molecule has 0 aromatic rings. The van der Waals surface area contributed by atoms with E-state index in [0.717, 1.165) is 23.6 Å². The quantitative estimate of drug-likeness (QED) is 0.548. The van der Waals surface area contributed by atoms with Gasteiger partial charge in [-0.2, -0.15) is 0 Å². The number of hydroxylamine groups is 2. The number of rotatable bonds is 5. The van der Waals surface area contributed by atoms with Crippen molar-refractivity contribution in [3.63, 3.8) is 0 Å². The van der Waals surface area contributed by atoms with Crippen molar-refractivity contribution in [2.45, 2.75) is 13.3 Å². The summed E-state index contributed by atoms with van der Waals surface area (Å²) in [7, 11) is 1.58. The van der Waals surface area contributed by atoms with Gasteiger partial charge in [0.25, 0.3) is 0 Å². The first-order chi connectivity index (χ1) is 7.61. The van der Waals surface area contributed by atoms with Crippen LogP contribution in [0.5, 0.6) is 0 Å². The number of urea groups is 2. The van der Waals surface area contributed by atoms with Gasteiger partial charge < -0.3 is 0 Å². The van der Waals surface area contributed by atoms with Gasteiger partial charge in [-0.3, -0.25) is 9.14 Å². The van der Waals surface area contributed by atoms with Crippen LogP contribution in [0.25, 0.3) is 0 Å². The zero-order valence-corrected chi connectivity index (χ0v) is 10.2. The first-order valence-corrected chi connectivity index (χ1v) is 5.66. The van der Waals surface area contributed by atoms with Crippen LogP contribution in [0.1, 0.15) is 13.3 Å². The molecule has 4 amide bonds. The number of amides is 4. The van der Waals surface area contributed by atoms with E-state index in [4.69, 9.17) is 4.84 Å². The maximum absolute atomic E-state index is 11.8. The maximum Gasteiger partial charge on any atom is 0.364 e. The molecular formula is C9H15N3O3S. The summed E-state index contributed by atoms with van der Waals surface area (Å²) in [6.45, 7) is 6.14. The Morgan fingerprint density at radius 2 is 2.12 bits per heavy atom. The molecule has 1 heterocycles. The SMILES string of the molecule is C=CCN1SN(C)C(=O)N(OCCC)C1=O. The smallest absolute Gasteiger partial charge is 0.261 e. The zero-order chi connectivity index (χ0) is 12.1. The predicted molar refractivity (Wildman–Crippen MR) is 61.1 cm³/mol. The number of nitrogens with zero attached hydrogens (tertiary/aromatic N) is 3. The molecule has 0 N–H and O–H groups in total. The Hall–Kier alpha value is -1.21. The Morgan fingerprint density at radius 1 is 1.44 bits per heavy atom. The molecule has 7 heteroatoms. The molecule has 0 aromatic carbocycles. The normalized spacial score (nSPS) is 17.0. The van der Waals surface area contributed by atoms with Gasteiger partial charge in [0.15, 0.2) is 0 Å². The summed E-state index contributed by atoms with van der Waals surface area (Å²) in [6, 6.07) is -0.940. The largest absolute Gasteiger partial charge is 0.364 e. The number of carbonyl (C=O) groups excluding carboxylic acids is 2. The second-order valence-electron chi connectivity index (χ2n) is 3.12. The fourth-order valence-corrected chi connectivity index (χ4v) is 1.81. The predicted octanol–water partition coefficient (Wildman–Crippen LogP) is 1.87. The van der Waals surface area contributed by atoms with E-state index in [9.17, 15) is 9.59 Å². The van der Waals surface area contributed by atoms with Gasteiger partial charge in [0.2, 0.25) is 0 Å². The van der Waals surface area contributed by atoms with E-state index in [2.05, 4.69) is 6.58 Å². The van der Waals surface area contributed by atoms with Crippen LogP contribution in [0.2, 0.25) is 0 Å². The summed E-state index contributed by atoms with van der Waals surface area (Å²) in [5, 5.41) is 0.781.